The lowest BCUT2D eigenvalue weighted by Gasteiger charge is -2.22. The van der Waals surface area contributed by atoms with Gasteiger partial charge in [-0.2, -0.15) is 9.37 Å². The maximum atomic E-state index is 13.2. The van der Waals surface area contributed by atoms with E-state index in [0.29, 0.717) is 10.6 Å². The molecule has 1 heterocycles. The smallest absolute Gasteiger partial charge is 0.290 e. The molecule has 0 aromatic carbocycles. The molecule has 1 aromatic rings. The van der Waals surface area contributed by atoms with Crippen molar-refractivity contribution in [1.29, 1.82) is 0 Å². The van der Waals surface area contributed by atoms with E-state index in [9.17, 15) is 4.39 Å². The van der Waals surface area contributed by atoms with Crippen LogP contribution in [0.15, 0.2) is 10.8 Å². The first-order valence-corrected chi connectivity index (χ1v) is 5.46. The Morgan fingerprint density at radius 3 is 2.62 bits per heavy atom. The second-order valence-electron chi connectivity index (χ2n) is 3.53. The summed E-state index contributed by atoms with van der Waals surface area (Å²) in [5.41, 5.74) is 0. The quantitative estimate of drug-likeness (QED) is 0.744. The van der Waals surface area contributed by atoms with Crippen molar-refractivity contribution >= 4 is 15.9 Å². The molecule has 0 unspecified atom stereocenters. The molecule has 0 amide bonds. The van der Waals surface area contributed by atoms with Crippen LogP contribution in [0.1, 0.15) is 38.1 Å². The molecule has 2 nitrogen and oxygen atoms in total. The van der Waals surface area contributed by atoms with Crippen molar-refractivity contribution in [2.24, 2.45) is 0 Å². The minimum atomic E-state index is -0.362. The molecule has 4 heteroatoms. The number of rotatable bonds is 1. The van der Waals surface area contributed by atoms with Gasteiger partial charge < -0.3 is 4.57 Å². The van der Waals surface area contributed by atoms with Crippen molar-refractivity contribution in [2.45, 2.75) is 38.1 Å². The zero-order valence-electron chi connectivity index (χ0n) is 7.34. The van der Waals surface area contributed by atoms with E-state index in [1.165, 1.54) is 19.3 Å². The standard InChI is InChI=1S/C9H12BrFN2/c10-8-6-13(9(11)12-8)7-4-2-1-3-5-7/h6-7H,1-5H2. The van der Waals surface area contributed by atoms with Crippen LogP contribution in [-0.2, 0) is 0 Å². The van der Waals surface area contributed by atoms with Crippen LogP contribution in [0.4, 0.5) is 4.39 Å². The van der Waals surface area contributed by atoms with Gasteiger partial charge in [-0.05, 0) is 28.8 Å². The van der Waals surface area contributed by atoms with E-state index >= 15 is 0 Å². The summed E-state index contributed by atoms with van der Waals surface area (Å²) in [6.07, 6.45) is 7.25. The summed E-state index contributed by atoms with van der Waals surface area (Å²) < 4.78 is 15.5. The van der Waals surface area contributed by atoms with E-state index in [0.717, 1.165) is 12.8 Å². The molecule has 1 fully saturated rings. The Balaban J connectivity index is 2.18. The molecule has 13 heavy (non-hydrogen) atoms. The Bertz CT molecular complexity index is 292. The molecular weight excluding hydrogens is 235 g/mol. The first-order valence-electron chi connectivity index (χ1n) is 4.67. The number of hydrogen-bond acceptors (Lipinski definition) is 1. The average molecular weight is 247 g/mol. The molecule has 0 atom stereocenters. The lowest BCUT2D eigenvalue weighted by Crippen LogP contribution is -2.13. The van der Waals surface area contributed by atoms with Gasteiger partial charge in [-0.3, -0.25) is 0 Å². The van der Waals surface area contributed by atoms with Gasteiger partial charge in [-0.1, -0.05) is 19.3 Å². The van der Waals surface area contributed by atoms with E-state index in [2.05, 4.69) is 20.9 Å². The van der Waals surface area contributed by atoms with Crippen molar-refractivity contribution in [2.75, 3.05) is 0 Å². The Kier molecular flexibility index (Phi) is 2.67. The second kappa shape index (κ2) is 3.78. The summed E-state index contributed by atoms with van der Waals surface area (Å²) in [4.78, 5) is 3.70. The van der Waals surface area contributed by atoms with Crippen LogP contribution in [-0.4, -0.2) is 9.55 Å². The third-order valence-electron chi connectivity index (χ3n) is 2.63. The number of aromatic nitrogens is 2. The van der Waals surface area contributed by atoms with Gasteiger partial charge in [0.1, 0.15) is 4.60 Å². The molecule has 2 rings (SSSR count). The predicted molar refractivity (Wildman–Crippen MR) is 52.0 cm³/mol. The third-order valence-corrected chi connectivity index (χ3v) is 3.01. The summed E-state index contributed by atoms with van der Waals surface area (Å²) in [6.45, 7) is 0. The Morgan fingerprint density at radius 1 is 1.38 bits per heavy atom. The maximum absolute atomic E-state index is 13.2. The maximum Gasteiger partial charge on any atom is 0.290 e. The van der Waals surface area contributed by atoms with Crippen LogP contribution >= 0.6 is 15.9 Å². The fourth-order valence-electron chi connectivity index (χ4n) is 1.96. The van der Waals surface area contributed by atoms with Gasteiger partial charge in [-0.25, -0.2) is 0 Å². The van der Waals surface area contributed by atoms with Crippen molar-refractivity contribution in [3.05, 3.63) is 16.9 Å². The van der Waals surface area contributed by atoms with Crippen LogP contribution in [0.25, 0.3) is 0 Å². The number of imidazole rings is 1. The minimum Gasteiger partial charge on any atom is -0.303 e. The molecule has 1 aliphatic rings. The topological polar surface area (TPSA) is 17.8 Å². The SMILES string of the molecule is Fc1nc(Br)cn1C1CCCCC1. The molecule has 72 valence electrons. The minimum absolute atomic E-state index is 0.326. The highest BCUT2D eigenvalue weighted by Crippen LogP contribution is 2.29. The van der Waals surface area contributed by atoms with E-state index < -0.39 is 0 Å². The molecule has 0 radical (unpaired) electrons. The Hall–Kier alpha value is -0.380. The van der Waals surface area contributed by atoms with Crippen molar-refractivity contribution in [3.8, 4) is 0 Å². The molecule has 0 spiro atoms. The van der Waals surface area contributed by atoms with E-state index in [4.69, 9.17) is 0 Å². The number of hydrogen-bond donors (Lipinski definition) is 0. The number of nitrogens with zero attached hydrogens (tertiary/aromatic N) is 2. The summed E-state index contributed by atoms with van der Waals surface area (Å²) in [5, 5.41) is 0. The van der Waals surface area contributed by atoms with Crippen LogP contribution < -0.4 is 0 Å². The monoisotopic (exact) mass is 246 g/mol. The molecule has 0 saturated heterocycles. The van der Waals surface area contributed by atoms with Gasteiger partial charge in [-0.15, -0.1) is 0 Å². The second-order valence-corrected chi connectivity index (χ2v) is 4.34. The van der Waals surface area contributed by atoms with Gasteiger partial charge >= 0.3 is 0 Å². The van der Waals surface area contributed by atoms with Crippen molar-refractivity contribution in [3.63, 3.8) is 0 Å². The molecular formula is C9H12BrFN2. The van der Waals surface area contributed by atoms with E-state index in [1.54, 1.807) is 10.8 Å². The molecule has 0 bridgehead atoms. The lowest BCUT2D eigenvalue weighted by molar-refractivity contribution is 0.313. The third kappa shape index (κ3) is 1.93. The summed E-state index contributed by atoms with van der Waals surface area (Å²) in [7, 11) is 0. The zero-order valence-corrected chi connectivity index (χ0v) is 8.93. The zero-order chi connectivity index (χ0) is 9.26. The summed E-state index contributed by atoms with van der Waals surface area (Å²) in [5.74, 6) is 0. The van der Waals surface area contributed by atoms with Crippen LogP contribution in [0.3, 0.4) is 0 Å². The Labute approximate surface area is 85.3 Å². The fourth-order valence-corrected chi connectivity index (χ4v) is 2.32. The molecule has 0 aliphatic heterocycles. The summed E-state index contributed by atoms with van der Waals surface area (Å²) in [6, 6.07) is 0.326. The molecule has 0 N–H and O–H groups in total. The van der Waals surface area contributed by atoms with Crippen LogP contribution in [0.5, 0.6) is 0 Å². The highest BCUT2D eigenvalue weighted by atomic mass is 79.9. The molecule has 1 saturated carbocycles. The number of halogens is 2. The van der Waals surface area contributed by atoms with E-state index in [-0.39, 0.29) is 6.08 Å². The van der Waals surface area contributed by atoms with Gasteiger partial charge in [0.25, 0.3) is 6.08 Å². The lowest BCUT2D eigenvalue weighted by atomic mass is 9.95. The largest absolute Gasteiger partial charge is 0.303 e. The summed E-state index contributed by atoms with van der Waals surface area (Å²) >= 11 is 3.18. The highest BCUT2D eigenvalue weighted by molar-refractivity contribution is 9.10. The van der Waals surface area contributed by atoms with Crippen molar-refractivity contribution in [1.82, 2.24) is 9.55 Å². The molecule has 1 aromatic heterocycles. The first-order chi connectivity index (χ1) is 6.27. The Morgan fingerprint density at radius 2 is 2.08 bits per heavy atom. The van der Waals surface area contributed by atoms with Crippen molar-refractivity contribution < 1.29 is 4.39 Å². The van der Waals surface area contributed by atoms with Gasteiger partial charge in [0.15, 0.2) is 0 Å². The fraction of sp³-hybridized carbons (Fsp3) is 0.667. The first kappa shape index (κ1) is 9.19. The highest BCUT2D eigenvalue weighted by Gasteiger charge is 2.18. The van der Waals surface area contributed by atoms with Gasteiger partial charge in [0.05, 0.1) is 0 Å². The molecule has 1 aliphatic carbocycles. The normalized spacial score (nSPS) is 19.2. The predicted octanol–water partition coefficient (Wildman–Crippen LogP) is 3.29. The van der Waals surface area contributed by atoms with Gasteiger partial charge in [0.2, 0.25) is 0 Å². The van der Waals surface area contributed by atoms with E-state index in [1.807, 2.05) is 0 Å². The van der Waals surface area contributed by atoms with Crippen LogP contribution in [0, 0.1) is 6.08 Å². The average Bonchev–Trinajstić information content (AvgIpc) is 2.47. The van der Waals surface area contributed by atoms with Crippen LogP contribution in [0.2, 0.25) is 0 Å². The van der Waals surface area contributed by atoms with Gasteiger partial charge in [0, 0.05) is 12.2 Å².